The summed E-state index contributed by atoms with van der Waals surface area (Å²) in [5.41, 5.74) is 1.05. The molecule has 3 rings (SSSR count). The summed E-state index contributed by atoms with van der Waals surface area (Å²) in [6, 6.07) is 9.74. The fourth-order valence-electron chi connectivity index (χ4n) is 3.96. The third-order valence-electron chi connectivity index (χ3n) is 5.75. The van der Waals surface area contributed by atoms with Crippen molar-refractivity contribution in [2.75, 3.05) is 25.4 Å². The summed E-state index contributed by atoms with van der Waals surface area (Å²) >= 11 is 0. The minimum absolute atomic E-state index is 0.00541. The van der Waals surface area contributed by atoms with Gasteiger partial charge >= 0.3 is 0 Å². The Hall–Kier alpha value is -1.93. The van der Waals surface area contributed by atoms with E-state index in [1.165, 1.54) is 0 Å². The minimum atomic E-state index is -3.19. The van der Waals surface area contributed by atoms with Gasteiger partial charge in [-0.3, -0.25) is 9.59 Å². The second-order valence-electron chi connectivity index (χ2n) is 8.01. The Labute approximate surface area is 173 Å². The Morgan fingerprint density at radius 3 is 2.52 bits per heavy atom. The summed E-state index contributed by atoms with van der Waals surface area (Å²) in [5, 5.41) is 3.04. The zero-order valence-electron chi connectivity index (χ0n) is 17.0. The van der Waals surface area contributed by atoms with Gasteiger partial charge in [-0.05, 0) is 24.8 Å². The lowest BCUT2D eigenvalue weighted by Gasteiger charge is -2.32. The smallest absolute Gasteiger partial charge is 0.225 e. The zero-order chi connectivity index (χ0) is 20.9. The molecule has 2 saturated heterocycles. The highest BCUT2D eigenvalue weighted by Crippen LogP contribution is 2.22. The molecule has 1 aromatic rings. The summed E-state index contributed by atoms with van der Waals surface area (Å²) in [4.78, 5) is 26.7. The summed E-state index contributed by atoms with van der Waals surface area (Å²) in [5.74, 6) is -0.230. The standard InChI is InChI=1S/C21H31N3O4S/c1-2-3-13-29(27,28)24-11-9-19(10-12-24)22-21(26)18-14-20(25)23(16-18)15-17-7-5-4-6-8-17/h4-8,18-19H,2-3,9-16H2,1H3,(H,22,26). The molecule has 2 heterocycles. The van der Waals surface area contributed by atoms with Crippen molar-refractivity contribution in [3.63, 3.8) is 0 Å². The zero-order valence-corrected chi connectivity index (χ0v) is 17.9. The van der Waals surface area contributed by atoms with Crippen LogP contribution in [0, 0.1) is 5.92 Å². The van der Waals surface area contributed by atoms with Crippen LogP contribution in [0.3, 0.4) is 0 Å². The summed E-state index contributed by atoms with van der Waals surface area (Å²) in [6.45, 7) is 3.83. The van der Waals surface area contributed by atoms with Crippen LogP contribution in [0.2, 0.25) is 0 Å². The van der Waals surface area contributed by atoms with Crippen LogP contribution < -0.4 is 5.32 Å². The van der Waals surface area contributed by atoms with Gasteiger partial charge < -0.3 is 10.2 Å². The van der Waals surface area contributed by atoms with Crippen LogP contribution in [0.5, 0.6) is 0 Å². The number of sulfonamides is 1. The number of benzene rings is 1. The van der Waals surface area contributed by atoms with Crippen LogP contribution in [0.25, 0.3) is 0 Å². The molecule has 0 aliphatic carbocycles. The lowest BCUT2D eigenvalue weighted by molar-refractivity contribution is -0.129. The normalized spacial score (nSPS) is 21.5. The van der Waals surface area contributed by atoms with E-state index in [0.29, 0.717) is 45.4 Å². The van der Waals surface area contributed by atoms with Crippen LogP contribution in [0.4, 0.5) is 0 Å². The van der Waals surface area contributed by atoms with Gasteiger partial charge in [0.15, 0.2) is 0 Å². The molecule has 2 amide bonds. The quantitative estimate of drug-likeness (QED) is 0.693. The predicted molar refractivity (Wildman–Crippen MR) is 111 cm³/mol. The van der Waals surface area contributed by atoms with Crippen molar-refractivity contribution in [3.05, 3.63) is 35.9 Å². The van der Waals surface area contributed by atoms with Gasteiger partial charge in [0.05, 0.1) is 11.7 Å². The van der Waals surface area contributed by atoms with Crippen LogP contribution in [0.1, 0.15) is 44.6 Å². The Bertz CT molecular complexity index is 804. The van der Waals surface area contributed by atoms with Gasteiger partial charge in [-0.1, -0.05) is 43.7 Å². The monoisotopic (exact) mass is 421 g/mol. The van der Waals surface area contributed by atoms with Gasteiger partial charge in [-0.25, -0.2) is 12.7 Å². The largest absolute Gasteiger partial charge is 0.353 e. The molecule has 0 aromatic heterocycles. The Morgan fingerprint density at radius 1 is 1.17 bits per heavy atom. The molecule has 2 aliphatic rings. The van der Waals surface area contributed by atoms with Crippen LogP contribution >= 0.6 is 0 Å². The highest BCUT2D eigenvalue weighted by molar-refractivity contribution is 7.89. The van der Waals surface area contributed by atoms with E-state index >= 15 is 0 Å². The van der Waals surface area contributed by atoms with Crippen LogP contribution in [-0.4, -0.2) is 60.9 Å². The first-order valence-electron chi connectivity index (χ1n) is 10.5. The van der Waals surface area contributed by atoms with Crippen molar-refractivity contribution >= 4 is 21.8 Å². The van der Waals surface area contributed by atoms with Crippen molar-refractivity contribution < 1.29 is 18.0 Å². The third kappa shape index (κ3) is 5.79. The molecular formula is C21H31N3O4S. The second kappa shape index (κ2) is 9.71. The Balaban J connectivity index is 1.46. The maximum absolute atomic E-state index is 12.7. The minimum Gasteiger partial charge on any atom is -0.353 e. The second-order valence-corrected chi connectivity index (χ2v) is 10.1. The molecule has 0 spiro atoms. The fraction of sp³-hybridized carbons (Fsp3) is 0.619. The lowest BCUT2D eigenvalue weighted by Crippen LogP contribution is -2.48. The highest BCUT2D eigenvalue weighted by atomic mass is 32.2. The number of amides is 2. The number of hydrogen-bond acceptors (Lipinski definition) is 4. The van der Waals surface area contributed by atoms with E-state index in [9.17, 15) is 18.0 Å². The van der Waals surface area contributed by atoms with E-state index in [0.717, 1.165) is 12.0 Å². The van der Waals surface area contributed by atoms with Crippen molar-refractivity contribution in [3.8, 4) is 0 Å². The van der Waals surface area contributed by atoms with E-state index in [1.54, 1.807) is 9.21 Å². The molecule has 2 aliphatic heterocycles. The molecule has 0 bridgehead atoms. The van der Waals surface area contributed by atoms with Gasteiger partial charge in [0.25, 0.3) is 0 Å². The molecule has 0 saturated carbocycles. The third-order valence-corrected chi connectivity index (χ3v) is 7.71. The first-order chi connectivity index (χ1) is 13.9. The first kappa shape index (κ1) is 21.8. The van der Waals surface area contributed by atoms with Gasteiger partial charge in [-0.2, -0.15) is 0 Å². The Kier molecular flexibility index (Phi) is 7.29. The molecule has 1 atom stereocenters. The predicted octanol–water partition coefficient (Wildman–Crippen LogP) is 1.75. The van der Waals surface area contributed by atoms with Crippen LogP contribution in [0.15, 0.2) is 30.3 Å². The average molecular weight is 422 g/mol. The molecule has 160 valence electrons. The maximum atomic E-state index is 12.7. The van der Waals surface area contributed by atoms with E-state index in [4.69, 9.17) is 0 Å². The molecule has 1 N–H and O–H groups in total. The first-order valence-corrected chi connectivity index (χ1v) is 12.1. The molecule has 7 nitrogen and oxygen atoms in total. The van der Waals surface area contributed by atoms with Crippen molar-refractivity contribution in [1.29, 1.82) is 0 Å². The fourth-order valence-corrected chi connectivity index (χ4v) is 5.64. The van der Waals surface area contributed by atoms with Gasteiger partial charge in [0, 0.05) is 38.6 Å². The van der Waals surface area contributed by atoms with Gasteiger partial charge in [0.1, 0.15) is 0 Å². The van der Waals surface area contributed by atoms with Gasteiger partial charge in [0.2, 0.25) is 21.8 Å². The topological polar surface area (TPSA) is 86.8 Å². The van der Waals surface area contributed by atoms with E-state index < -0.39 is 10.0 Å². The van der Waals surface area contributed by atoms with Crippen molar-refractivity contribution in [1.82, 2.24) is 14.5 Å². The molecule has 2 fully saturated rings. The van der Waals surface area contributed by atoms with E-state index in [1.807, 2.05) is 37.3 Å². The van der Waals surface area contributed by atoms with Gasteiger partial charge in [-0.15, -0.1) is 0 Å². The maximum Gasteiger partial charge on any atom is 0.225 e. The number of nitrogens with one attached hydrogen (secondary N) is 1. The summed E-state index contributed by atoms with van der Waals surface area (Å²) in [6.07, 6.45) is 3.00. The van der Waals surface area contributed by atoms with E-state index in [-0.39, 0.29) is 35.9 Å². The lowest BCUT2D eigenvalue weighted by atomic mass is 10.0. The molecule has 0 radical (unpaired) electrons. The number of rotatable bonds is 8. The molecular weight excluding hydrogens is 390 g/mol. The highest BCUT2D eigenvalue weighted by Gasteiger charge is 2.36. The number of carbonyl (C=O) groups excluding carboxylic acids is 2. The van der Waals surface area contributed by atoms with E-state index in [2.05, 4.69) is 5.32 Å². The molecule has 1 aromatic carbocycles. The number of hydrogen-bond donors (Lipinski definition) is 1. The summed E-state index contributed by atoms with van der Waals surface area (Å²) < 4.78 is 26.1. The number of piperidine rings is 1. The molecule has 8 heteroatoms. The summed E-state index contributed by atoms with van der Waals surface area (Å²) in [7, 11) is -3.19. The van der Waals surface area contributed by atoms with Crippen molar-refractivity contribution in [2.45, 2.75) is 51.6 Å². The Morgan fingerprint density at radius 2 is 1.86 bits per heavy atom. The number of nitrogens with zero attached hydrogens (tertiary/aromatic N) is 2. The average Bonchev–Trinajstić information content (AvgIpc) is 3.08. The SMILES string of the molecule is CCCCS(=O)(=O)N1CCC(NC(=O)C2CC(=O)N(Cc3ccccc3)C2)CC1. The number of likely N-dealkylation sites (tertiary alicyclic amines) is 1. The molecule has 29 heavy (non-hydrogen) atoms. The van der Waals surface area contributed by atoms with Crippen molar-refractivity contribution in [2.24, 2.45) is 5.92 Å². The molecule has 1 unspecified atom stereocenters. The number of unbranched alkanes of at least 4 members (excludes halogenated alkanes) is 1. The van der Waals surface area contributed by atoms with Crippen LogP contribution in [-0.2, 0) is 26.2 Å². The number of carbonyl (C=O) groups is 2.